The van der Waals surface area contributed by atoms with Crippen LogP contribution in [-0.2, 0) is 0 Å². The van der Waals surface area contributed by atoms with Crippen LogP contribution in [0.1, 0.15) is 11.1 Å². The highest BCUT2D eigenvalue weighted by Gasteiger charge is 2.21. The van der Waals surface area contributed by atoms with Crippen LogP contribution in [0.2, 0.25) is 0 Å². The maximum absolute atomic E-state index is 15.2. The average molecular weight is 615 g/mol. The first-order valence-corrected chi connectivity index (χ1v) is 15.4. The first-order chi connectivity index (χ1) is 22.9. The molecule has 0 amide bonds. The van der Waals surface area contributed by atoms with E-state index in [1.807, 2.05) is 78.9 Å². The molecule has 0 fully saturated rings. The molecule has 0 saturated carbocycles. The van der Waals surface area contributed by atoms with E-state index in [1.165, 1.54) is 6.07 Å². The molecule has 2 aromatic heterocycles. The Kier molecular flexibility index (Phi) is 6.91. The molecule has 0 N–H and O–H groups in total. The zero-order valence-corrected chi connectivity index (χ0v) is 25.7. The van der Waals surface area contributed by atoms with E-state index in [9.17, 15) is 4.39 Å². The maximum atomic E-state index is 15.2. The van der Waals surface area contributed by atoms with E-state index in [1.54, 1.807) is 6.07 Å². The number of aromatic nitrogens is 4. The fraction of sp³-hybridized carbons (Fsp3) is 0.0488. The molecule has 0 unspecified atom stereocenters. The van der Waals surface area contributed by atoms with Gasteiger partial charge in [0, 0.05) is 33.0 Å². The Bertz CT molecular complexity index is 2330. The minimum Gasteiger partial charge on any atom is -0.309 e. The summed E-state index contributed by atoms with van der Waals surface area (Å²) < 4.78 is 31.9. The standard InChI is InChI=1S/C41H28F2N4/c1-25-16-19-35-31(22-25)32-23-26(2)17-20-36(32)47(35)37-21-18-29(30-14-9-15-34(42)38(30)43)24-33(37)41-45-39(27-10-5-3-6-11-27)44-40(46-41)28-12-7-4-8-13-28/h3-24H,1-2H3. The summed E-state index contributed by atoms with van der Waals surface area (Å²) in [5, 5.41) is 2.25. The van der Waals surface area contributed by atoms with Crippen LogP contribution in [0, 0.1) is 25.5 Å². The third-order valence-electron chi connectivity index (χ3n) is 8.52. The molecule has 4 nitrogen and oxygen atoms in total. The van der Waals surface area contributed by atoms with Crippen LogP contribution >= 0.6 is 0 Å². The molecule has 8 rings (SSSR count). The highest BCUT2D eigenvalue weighted by molar-refractivity contribution is 6.10. The van der Waals surface area contributed by atoms with Crippen LogP contribution < -0.4 is 0 Å². The third kappa shape index (κ3) is 5.04. The van der Waals surface area contributed by atoms with Crippen LogP contribution in [0.5, 0.6) is 0 Å². The number of benzene rings is 6. The SMILES string of the molecule is Cc1ccc2c(c1)c1cc(C)ccc1n2-c1ccc(-c2cccc(F)c2F)cc1-c1nc(-c2ccccc2)nc(-c2ccccc2)n1. The van der Waals surface area contributed by atoms with E-state index < -0.39 is 11.6 Å². The Morgan fingerprint density at radius 3 is 1.60 bits per heavy atom. The van der Waals surface area contributed by atoms with Crippen LogP contribution in [0.3, 0.4) is 0 Å². The molecule has 0 aliphatic rings. The summed E-state index contributed by atoms with van der Waals surface area (Å²) in [4.78, 5) is 14.9. The molecule has 8 aromatic rings. The summed E-state index contributed by atoms with van der Waals surface area (Å²) >= 11 is 0. The van der Waals surface area contributed by atoms with Crippen molar-refractivity contribution in [2.75, 3.05) is 0 Å². The van der Waals surface area contributed by atoms with Crippen molar-refractivity contribution in [1.82, 2.24) is 19.5 Å². The number of hydrogen-bond donors (Lipinski definition) is 0. The quantitative estimate of drug-likeness (QED) is 0.194. The van der Waals surface area contributed by atoms with E-state index >= 15 is 4.39 Å². The van der Waals surface area contributed by atoms with Crippen molar-refractivity contribution in [2.24, 2.45) is 0 Å². The van der Waals surface area contributed by atoms with Gasteiger partial charge in [-0.05, 0) is 61.9 Å². The van der Waals surface area contributed by atoms with Crippen LogP contribution in [0.25, 0.3) is 72.8 Å². The van der Waals surface area contributed by atoms with Crippen molar-refractivity contribution >= 4 is 21.8 Å². The van der Waals surface area contributed by atoms with Crippen LogP contribution in [0.4, 0.5) is 8.78 Å². The monoisotopic (exact) mass is 614 g/mol. The number of halogens is 2. The fourth-order valence-electron chi connectivity index (χ4n) is 6.24. The number of aryl methyl sites for hydroxylation is 2. The predicted octanol–water partition coefficient (Wildman–Crippen LogP) is 10.5. The molecule has 0 aliphatic heterocycles. The summed E-state index contributed by atoms with van der Waals surface area (Å²) in [6, 6.07) is 42.3. The third-order valence-corrected chi connectivity index (χ3v) is 8.52. The highest BCUT2D eigenvalue weighted by atomic mass is 19.2. The minimum atomic E-state index is -0.904. The molecule has 47 heavy (non-hydrogen) atoms. The van der Waals surface area contributed by atoms with E-state index in [2.05, 4.69) is 54.8 Å². The number of hydrogen-bond acceptors (Lipinski definition) is 3. The predicted molar refractivity (Wildman–Crippen MR) is 185 cm³/mol. The number of fused-ring (bicyclic) bond motifs is 3. The first kappa shape index (κ1) is 28.5. The van der Waals surface area contributed by atoms with Crippen molar-refractivity contribution in [3.05, 3.63) is 156 Å². The first-order valence-electron chi connectivity index (χ1n) is 15.4. The summed E-state index contributed by atoms with van der Waals surface area (Å²) in [6.45, 7) is 4.18. The Morgan fingerprint density at radius 2 is 1.02 bits per heavy atom. The van der Waals surface area contributed by atoms with E-state index in [0.717, 1.165) is 55.8 Å². The summed E-state index contributed by atoms with van der Waals surface area (Å²) in [5.74, 6) is -0.369. The van der Waals surface area contributed by atoms with Gasteiger partial charge in [-0.25, -0.2) is 23.7 Å². The second-order valence-corrected chi connectivity index (χ2v) is 11.7. The van der Waals surface area contributed by atoms with Crippen LogP contribution in [0.15, 0.2) is 133 Å². The fourth-order valence-corrected chi connectivity index (χ4v) is 6.24. The number of rotatable bonds is 5. The molecule has 226 valence electrons. The van der Waals surface area contributed by atoms with Gasteiger partial charge in [0.05, 0.1) is 16.7 Å². The maximum Gasteiger partial charge on any atom is 0.166 e. The van der Waals surface area contributed by atoms with Gasteiger partial charge in [0.1, 0.15) is 0 Å². The Morgan fingerprint density at radius 1 is 0.468 bits per heavy atom. The van der Waals surface area contributed by atoms with Gasteiger partial charge in [-0.3, -0.25) is 0 Å². The lowest BCUT2D eigenvalue weighted by atomic mass is 10.00. The molecule has 0 atom stereocenters. The van der Waals surface area contributed by atoms with Gasteiger partial charge < -0.3 is 4.57 Å². The second-order valence-electron chi connectivity index (χ2n) is 11.7. The van der Waals surface area contributed by atoms with E-state index in [-0.39, 0.29) is 5.56 Å². The van der Waals surface area contributed by atoms with Crippen molar-refractivity contribution in [3.8, 4) is 51.0 Å². The molecule has 0 radical (unpaired) electrons. The van der Waals surface area contributed by atoms with Crippen molar-refractivity contribution in [2.45, 2.75) is 13.8 Å². The van der Waals surface area contributed by atoms with E-state index in [4.69, 9.17) is 15.0 Å². The summed E-state index contributed by atoms with van der Waals surface area (Å²) in [5.41, 5.74) is 8.16. The highest BCUT2D eigenvalue weighted by Crippen LogP contribution is 2.39. The van der Waals surface area contributed by atoms with Gasteiger partial charge in [0.2, 0.25) is 0 Å². The van der Waals surface area contributed by atoms with Gasteiger partial charge in [0.15, 0.2) is 29.1 Å². The van der Waals surface area contributed by atoms with Gasteiger partial charge in [-0.2, -0.15) is 0 Å². The zero-order chi connectivity index (χ0) is 32.1. The Labute approximate surface area is 270 Å². The van der Waals surface area contributed by atoms with Crippen molar-refractivity contribution < 1.29 is 8.78 Å². The number of nitrogens with zero attached hydrogens (tertiary/aromatic N) is 4. The zero-order valence-electron chi connectivity index (χ0n) is 25.7. The minimum absolute atomic E-state index is 0.159. The second kappa shape index (κ2) is 11.4. The smallest absolute Gasteiger partial charge is 0.166 e. The largest absolute Gasteiger partial charge is 0.309 e. The van der Waals surface area contributed by atoms with E-state index in [0.29, 0.717) is 28.6 Å². The lowest BCUT2D eigenvalue weighted by Crippen LogP contribution is -2.04. The molecule has 6 heteroatoms. The molecular formula is C41H28F2N4. The Balaban J connectivity index is 1.47. The van der Waals surface area contributed by atoms with Gasteiger partial charge >= 0.3 is 0 Å². The van der Waals surface area contributed by atoms with Crippen molar-refractivity contribution in [3.63, 3.8) is 0 Å². The summed E-state index contributed by atoms with van der Waals surface area (Å²) in [6.07, 6.45) is 0. The molecule has 0 aliphatic carbocycles. The van der Waals surface area contributed by atoms with Crippen molar-refractivity contribution in [1.29, 1.82) is 0 Å². The van der Waals surface area contributed by atoms with Gasteiger partial charge in [0.25, 0.3) is 0 Å². The Hall–Kier alpha value is -6.01. The van der Waals surface area contributed by atoms with Gasteiger partial charge in [-0.15, -0.1) is 0 Å². The molecule has 6 aromatic carbocycles. The molecule has 0 spiro atoms. The molecule has 0 saturated heterocycles. The average Bonchev–Trinajstić information content (AvgIpc) is 3.42. The lowest BCUT2D eigenvalue weighted by Gasteiger charge is -2.16. The van der Waals surface area contributed by atoms with Gasteiger partial charge in [-0.1, -0.05) is 102 Å². The lowest BCUT2D eigenvalue weighted by molar-refractivity contribution is 0.511. The molecule has 2 heterocycles. The molecular weight excluding hydrogens is 586 g/mol. The summed E-state index contributed by atoms with van der Waals surface area (Å²) in [7, 11) is 0. The van der Waals surface area contributed by atoms with Crippen LogP contribution in [-0.4, -0.2) is 19.5 Å². The molecule has 0 bridgehead atoms. The normalized spacial score (nSPS) is 11.4. The topological polar surface area (TPSA) is 43.6 Å².